The van der Waals surface area contributed by atoms with Crippen LogP contribution in [0.3, 0.4) is 0 Å². The van der Waals surface area contributed by atoms with Crippen LogP contribution < -0.4 is 5.32 Å². The molecule has 0 aliphatic heterocycles. The third-order valence-electron chi connectivity index (χ3n) is 2.28. The van der Waals surface area contributed by atoms with Gasteiger partial charge in [-0.15, -0.1) is 0 Å². The number of hydrogen-bond donors (Lipinski definition) is 1. The van der Waals surface area contributed by atoms with Crippen LogP contribution in [0.5, 0.6) is 0 Å². The summed E-state index contributed by atoms with van der Waals surface area (Å²) in [4.78, 5) is 17.6. The number of aromatic nitrogens is 2. The van der Waals surface area contributed by atoms with Crippen LogP contribution in [0.25, 0.3) is 0 Å². The van der Waals surface area contributed by atoms with E-state index in [2.05, 4.69) is 15.3 Å². The highest BCUT2D eigenvalue weighted by Crippen LogP contribution is 2.28. The highest BCUT2D eigenvalue weighted by molar-refractivity contribution is 6.31. The number of nitrogens with zero attached hydrogens (tertiary/aromatic N) is 3. The lowest BCUT2D eigenvalue weighted by atomic mass is 10.2. The van der Waals surface area contributed by atoms with Crippen LogP contribution in [-0.4, -0.2) is 35.2 Å². The Balaban J connectivity index is 2.47. The van der Waals surface area contributed by atoms with Gasteiger partial charge in [0.1, 0.15) is 6.33 Å². The molecule has 0 spiro atoms. The fourth-order valence-corrected chi connectivity index (χ4v) is 1.61. The van der Waals surface area contributed by atoms with E-state index in [0.29, 0.717) is 6.54 Å². The van der Waals surface area contributed by atoms with Gasteiger partial charge in [-0.1, -0.05) is 11.6 Å². The molecule has 1 rings (SSSR count). The van der Waals surface area contributed by atoms with Crippen LogP contribution in [0, 0.1) is 10.1 Å². The van der Waals surface area contributed by atoms with Gasteiger partial charge in [0.15, 0.2) is 0 Å². The Labute approximate surface area is 110 Å². The van der Waals surface area contributed by atoms with Gasteiger partial charge in [-0.3, -0.25) is 10.1 Å². The summed E-state index contributed by atoms with van der Waals surface area (Å²) in [7, 11) is 1.66. The predicted molar refractivity (Wildman–Crippen MR) is 67.9 cm³/mol. The Bertz CT molecular complexity index is 403. The topological polar surface area (TPSA) is 90.2 Å². The van der Waals surface area contributed by atoms with Crippen LogP contribution in [-0.2, 0) is 4.74 Å². The summed E-state index contributed by atoms with van der Waals surface area (Å²) in [5.41, 5.74) is -0.281. The zero-order chi connectivity index (χ0) is 13.4. The molecular weight excluding hydrogens is 260 g/mol. The summed E-state index contributed by atoms with van der Waals surface area (Å²) in [5.74, 6) is 0.159. The number of rotatable bonds is 8. The van der Waals surface area contributed by atoms with Crippen LogP contribution in [0.4, 0.5) is 11.5 Å². The van der Waals surface area contributed by atoms with Gasteiger partial charge >= 0.3 is 5.69 Å². The van der Waals surface area contributed by atoms with Crippen LogP contribution in [0.15, 0.2) is 6.33 Å². The first kappa shape index (κ1) is 14.6. The normalized spacial score (nSPS) is 10.3. The molecule has 1 heterocycles. The molecule has 0 aromatic carbocycles. The molecule has 0 saturated heterocycles. The van der Waals surface area contributed by atoms with E-state index in [1.165, 1.54) is 6.33 Å². The van der Waals surface area contributed by atoms with E-state index < -0.39 is 4.92 Å². The van der Waals surface area contributed by atoms with Crippen molar-refractivity contribution in [1.82, 2.24) is 9.97 Å². The summed E-state index contributed by atoms with van der Waals surface area (Å²) in [5, 5.41) is 13.5. The van der Waals surface area contributed by atoms with Gasteiger partial charge in [0.2, 0.25) is 11.0 Å². The molecule has 0 bridgehead atoms. The Hall–Kier alpha value is -1.47. The summed E-state index contributed by atoms with van der Waals surface area (Å²) in [6.07, 6.45) is 4.02. The molecule has 1 aromatic heterocycles. The fraction of sp³-hybridized carbons (Fsp3) is 0.600. The zero-order valence-electron chi connectivity index (χ0n) is 10.1. The minimum Gasteiger partial charge on any atom is -0.385 e. The number of methoxy groups -OCH3 is 1. The lowest BCUT2D eigenvalue weighted by Gasteiger charge is -2.06. The molecule has 0 atom stereocenters. The molecule has 0 aliphatic rings. The Morgan fingerprint density at radius 2 is 2.22 bits per heavy atom. The second-order valence-electron chi connectivity index (χ2n) is 3.60. The first-order valence-electron chi connectivity index (χ1n) is 5.54. The number of hydrogen-bond acceptors (Lipinski definition) is 6. The van der Waals surface area contributed by atoms with Gasteiger partial charge in [0, 0.05) is 20.3 Å². The van der Waals surface area contributed by atoms with Gasteiger partial charge in [-0.05, 0) is 19.3 Å². The van der Waals surface area contributed by atoms with E-state index in [0.717, 1.165) is 25.9 Å². The number of halogens is 1. The first-order valence-corrected chi connectivity index (χ1v) is 5.92. The molecule has 8 heteroatoms. The minimum absolute atomic E-state index is 0.156. The number of nitrogens with one attached hydrogen (secondary N) is 1. The molecule has 100 valence electrons. The molecule has 0 amide bonds. The maximum atomic E-state index is 10.8. The van der Waals surface area contributed by atoms with Crippen molar-refractivity contribution in [3.8, 4) is 0 Å². The van der Waals surface area contributed by atoms with Crippen molar-refractivity contribution < 1.29 is 9.66 Å². The quantitative estimate of drug-likeness (QED) is 0.338. The third kappa shape index (κ3) is 4.42. The fourth-order valence-electron chi connectivity index (χ4n) is 1.40. The van der Waals surface area contributed by atoms with Crippen molar-refractivity contribution >= 4 is 23.1 Å². The molecule has 0 fully saturated rings. The van der Waals surface area contributed by atoms with Crippen LogP contribution in [0.2, 0.25) is 5.15 Å². The monoisotopic (exact) mass is 274 g/mol. The van der Waals surface area contributed by atoms with Crippen molar-refractivity contribution in [2.24, 2.45) is 0 Å². The molecule has 0 saturated carbocycles. The lowest BCUT2D eigenvalue weighted by molar-refractivity contribution is -0.384. The summed E-state index contributed by atoms with van der Waals surface area (Å²) in [6.45, 7) is 1.32. The van der Waals surface area contributed by atoms with Crippen LogP contribution >= 0.6 is 11.6 Å². The van der Waals surface area contributed by atoms with Crippen molar-refractivity contribution in [2.45, 2.75) is 19.3 Å². The van der Waals surface area contributed by atoms with E-state index in [1.807, 2.05) is 0 Å². The maximum Gasteiger partial charge on any atom is 0.348 e. The molecular formula is C10H15ClN4O3. The smallest absolute Gasteiger partial charge is 0.348 e. The standard InChI is InChI=1S/C10H15ClN4O3/c1-18-6-4-2-3-5-12-10-8(15(16)17)9(11)13-7-14-10/h7H,2-6H2,1H3,(H,12,13,14). The number of ether oxygens (including phenoxy) is 1. The van der Waals surface area contributed by atoms with Crippen molar-refractivity contribution in [3.05, 3.63) is 21.6 Å². The van der Waals surface area contributed by atoms with Gasteiger partial charge in [0.05, 0.1) is 4.92 Å². The zero-order valence-corrected chi connectivity index (χ0v) is 10.8. The predicted octanol–water partition coefficient (Wildman–Crippen LogP) is 2.27. The molecule has 1 N–H and O–H groups in total. The first-order chi connectivity index (χ1) is 8.66. The number of unbranched alkanes of at least 4 members (excludes halogenated alkanes) is 2. The van der Waals surface area contributed by atoms with Crippen molar-refractivity contribution in [3.63, 3.8) is 0 Å². The molecule has 0 radical (unpaired) electrons. The molecule has 0 aliphatic carbocycles. The van der Waals surface area contributed by atoms with E-state index >= 15 is 0 Å². The average molecular weight is 275 g/mol. The largest absolute Gasteiger partial charge is 0.385 e. The summed E-state index contributed by atoms with van der Waals surface area (Å²) in [6, 6.07) is 0. The van der Waals surface area contributed by atoms with Gasteiger partial charge in [-0.2, -0.15) is 0 Å². The number of nitro groups is 1. The van der Waals surface area contributed by atoms with E-state index in [1.54, 1.807) is 7.11 Å². The molecule has 7 nitrogen and oxygen atoms in total. The third-order valence-corrected chi connectivity index (χ3v) is 2.55. The van der Waals surface area contributed by atoms with E-state index in [9.17, 15) is 10.1 Å². The second kappa shape index (κ2) is 7.78. The SMILES string of the molecule is COCCCCCNc1ncnc(Cl)c1[N+](=O)[O-]. The Kier molecular flexibility index (Phi) is 6.31. The highest BCUT2D eigenvalue weighted by atomic mass is 35.5. The average Bonchev–Trinajstić information content (AvgIpc) is 2.33. The second-order valence-corrected chi connectivity index (χ2v) is 3.96. The van der Waals surface area contributed by atoms with Gasteiger partial charge in [-0.25, -0.2) is 9.97 Å². The van der Waals surface area contributed by atoms with Gasteiger partial charge < -0.3 is 10.1 Å². The molecule has 1 aromatic rings. The molecule has 18 heavy (non-hydrogen) atoms. The minimum atomic E-state index is -0.588. The summed E-state index contributed by atoms with van der Waals surface area (Å²) >= 11 is 5.66. The number of anilines is 1. The van der Waals surface area contributed by atoms with Crippen molar-refractivity contribution in [1.29, 1.82) is 0 Å². The van der Waals surface area contributed by atoms with Crippen molar-refractivity contribution in [2.75, 3.05) is 25.6 Å². The molecule has 0 unspecified atom stereocenters. The van der Waals surface area contributed by atoms with Crippen LogP contribution in [0.1, 0.15) is 19.3 Å². The Morgan fingerprint density at radius 3 is 2.89 bits per heavy atom. The van der Waals surface area contributed by atoms with E-state index in [4.69, 9.17) is 16.3 Å². The van der Waals surface area contributed by atoms with E-state index in [-0.39, 0.29) is 16.7 Å². The maximum absolute atomic E-state index is 10.8. The highest BCUT2D eigenvalue weighted by Gasteiger charge is 2.20. The summed E-state index contributed by atoms with van der Waals surface area (Å²) < 4.78 is 4.93. The Morgan fingerprint density at radius 1 is 1.44 bits per heavy atom. The lowest BCUT2D eigenvalue weighted by Crippen LogP contribution is -2.07. The van der Waals surface area contributed by atoms with Gasteiger partial charge in [0.25, 0.3) is 0 Å².